The van der Waals surface area contributed by atoms with Crippen molar-refractivity contribution in [3.63, 3.8) is 0 Å². The van der Waals surface area contributed by atoms with Gasteiger partial charge in [-0.05, 0) is 30.0 Å². The van der Waals surface area contributed by atoms with E-state index in [0.29, 0.717) is 25.9 Å². The van der Waals surface area contributed by atoms with Crippen molar-refractivity contribution in [2.24, 2.45) is 0 Å². The maximum absolute atomic E-state index is 13.3. The lowest BCUT2D eigenvalue weighted by Crippen LogP contribution is -2.28. The predicted octanol–water partition coefficient (Wildman–Crippen LogP) is 2.96. The van der Waals surface area contributed by atoms with Gasteiger partial charge in [0.2, 0.25) is 0 Å². The minimum absolute atomic E-state index is 0.183. The van der Waals surface area contributed by atoms with Crippen molar-refractivity contribution in [1.29, 1.82) is 0 Å². The number of hydrogen-bond acceptors (Lipinski definition) is 3. The number of rotatable bonds is 10. The molecule has 0 aliphatic rings. The normalized spacial score (nSPS) is 12.8. The van der Waals surface area contributed by atoms with E-state index in [1.165, 1.54) is 6.07 Å². The fourth-order valence-corrected chi connectivity index (χ4v) is 1.99. The van der Waals surface area contributed by atoms with Crippen molar-refractivity contribution in [3.8, 4) is 0 Å². The molecule has 0 aliphatic heterocycles. The molecule has 0 fully saturated rings. The molecule has 4 heteroatoms. The van der Waals surface area contributed by atoms with Gasteiger partial charge in [-0.15, -0.1) is 0 Å². The zero-order valence-corrected chi connectivity index (χ0v) is 12.7. The number of hydrogen-bond donors (Lipinski definition) is 1. The average molecular weight is 283 g/mol. The van der Waals surface area contributed by atoms with Gasteiger partial charge < -0.3 is 14.8 Å². The van der Waals surface area contributed by atoms with Crippen LogP contribution >= 0.6 is 0 Å². The summed E-state index contributed by atoms with van der Waals surface area (Å²) in [5, 5.41) is 3.41. The van der Waals surface area contributed by atoms with Crippen molar-refractivity contribution >= 4 is 0 Å². The molecule has 20 heavy (non-hydrogen) atoms. The third-order valence-corrected chi connectivity index (χ3v) is 3.14. The largest absolute Gasteiger partial charge is 0.382 e. The second-order valence-electron chi connectivity index (χ2n) is 5.21. The highest BCUT2D eigenvalue weighted by atomic mass is 19.1. The van der Waals surface area contributed by atoms with E-state index in [1.54, 1.807) is 19.2 Å². The molecule has 1 atom stereocenters. The van der Waals surface area contributed by atoms with Crippen LogP contribution in [-0.2, 0) is 9.47 Å². The van der Waals surface area contributed by atoms with Gasteiger partial charge >= 0.3 is 0 Å². The summed E-state index contributed by atoms with van der Waals surface area (Å²) in [6.07, 6.45) is 0.868. The standard InChI is InChI=1S/C16H26FNO2/c1-13(2)18-12-15(7-8-20-10-9-19-3)14-5-4-6-16(17)11-14/h4-6,11,13,15,18H,7-10,12H2,1-3H3. The van der Waals surface area contributed by atoms with Gasteiger partial charge in [0.1, 0.15) is 5.82 Å². The molecule has 0 heterocycles. The van der Waals surface area contributed by atoms with E-state index in [-0.39, 0.29) is 11.7 Å². The Hall–Kier alpha value is -0.970. The van der Waals surface area contributed by atoms with Crippen LogP contribution in [0.4, 0.5) is 4.39 Å². The van der Waals surface area contributed by atoms with E-state index in [4.69, 9.17) is 9.47 Å². The number of benzene rings is 1. The van der Waals surface area contributed by atoms with E-state index in [2.05, 4.69) is 19.2 Å². The fourth-order valence-electron chi connectivity index (χ4n) is 1.99. The van der Waals surface area contributed by atoms with Gasteiger partial charge in [0.15, 0.2) is 0 Å². The van der Waals surface area contributed by atoms with Gasteiger partial charge in [-0.25, -0.2) is 4.39 Å². The van der Waals surface area contributed by atoms with Gasteiger partial charge in [-0.3, -0.25) is 0 Å². The molecule has 0 aliphatic carbocycles. The third kappa shape index (κ3) is 6.98. The Kier molecular flexibility index (Phi) is 8.42. The van der Waals surface area contributed by atoms with Crippen LogP contribution in [0, 0.1) is 5.82 Å². The van der Waals surface area contributed by atoms with Crippen LogP contribution in [0.25, 0.3) is 0 Å². The lowest BCUT2D eigenvalue weighted by molar-refractivity contribution is 0.0669. The lowest BCUT2D eigenvalue weighted by atomic mass is 9.95. The summed E-state index contributed by atoms with van der Waals surface area (Å²) >= 11 is 0. The maximum atomic E-state index is 13.3. The van der Waals surface area contributed by atoms with Crippen LogP contribution in [0.1, 0.15) is 31.7 Å². The molecule has 0 spiro atoms. The van der Waals surface area contributed by atoms with Crippen LogP contribution in [-0.4, -0.2) is 39.5 Å². The first-order valence-corrected chi connectivity index (χ1v) is 7.19. The first-order valence-electron chi connectivity index (χ1n) is 7.19. The highest BCUT2D eigenvalue weighted by Crippen LogP contribution is 2.20. The molecule has 0 aromatic heterocycles. The van der Waals surface area contributed by atoms with Gasteiger partial charge in [-0.2, -0.15) is 0 Å². The molecule has 0 radical (unpaired) electrons. The molecule has 114 valence electrons. The Morgan fingerprint density at radius 1 is 1.20 bits per heavy atom. The van der Waals surface area contributed by atoms with Crippen LogP contribution in [0.2, 0.25) is 0 Å². The van der Waals surface area contributed by atoms with Crippen molar-refractivity contribution in [1.82, 2.24) is 5.32 Å². The first kappa shape index (κ1) is 17.1. The van der Waals surface area contributed by atoms with Crippen molar-refractivity contribution in [2.75, 3.05) is 33.5 Å². The summed E-state index contributed by atoms with van der Waals surface area (Å²) in [7, 11) is 1.66. The topological polar surface area (TPSA) is 30.5 Å². The first-order chi connectivity index (χ1) is 9.63. The van der Waals surface area contributed by atoms with Crippen LogP contribution in [0.5, 0.6) is 0 Å². The summed E-state index contributed by atoms with van der Waals surface area (Å²) in [6, 6.07) is 7.25. The molecule has 0 saturated heterocycles. The number of ether oxygens (including phenoxy) is 2. The summed E-state index contributed by atoms with van der Waals surface area (Å²) in [5.41, 5.74) is 1.02. The van der Waals surface area contributed by atoms with E-state index < -0.39 is 0 Å². The molecule has 1 unspecified atom stereocenters. The Bertz CT molecular complexity index is 371. The maximum Gasteiger partial charge on any atom is 0.123 e. The SMILES string of the molecule is COCCOCCC(CNC(C)C)c1cccc(F)c1. The number of nitrogens with one attached hydrogen (secondary N) is 1. The van der Waals surface area contributed by atoms with Gasteiger partial charge in [0, 0.05) is 26.3 Å². The molecule has 0 bridgehead atoms. The third-order valence-electron chi connectivity index (χ3n) is 3.14. The van der Waals surface area contributed by atoms with Crippen molar-refractivity contribution in [3.05, 3.63) is 35.6 Å². The van der Waals surface area contributed by atoms with E-state index in [0.717, 1.165) is 18.5 Å². The lowest BCUT2D eigenvalue weighted by Gasteiger charge is -2.20. The van der Waals surface area contributed by atoms with Gasteiger partial charge in [0.05, 0.1) is 13.2 Å². The van der Waals surface area contributed by atoms with Crippen LogP contribution in [0.15, 0.2) is 24.3 Å². The minimum Gasteiger partial charge on any atom is -0.382 e. The Morgan fingerprint density at radius 2 is 2.00 bits per heavy atom. The molecule has 3 nitrogen and oxygen atoms in total. The monoisotopic (exact) mass is 283 g/mol. The molecule has 1 aromatic rings. The van der Waals surface area contributed by atoms with Crippen LogP contribution in [0.3, 0.4) is 0 Å². The summed E-state index contributed by atoms with van der Waals surface area (Å²) in [4.78, 5) is 0. The van der Waals surface area contributed by atoms with E-state index >= 15 is 0 Å². The average Bonchev–Trinajstić information content (AvgIpc) is 2.41. The van der Waals surface area contributed by atoms with Crippen molar-refractivity contribution < 1.29 is 13.9 Å². The highest BCUT2D eigenvalue weighted by molar-refractivity contribution is 5.21. The number of halogens is 1. The van der Waals surface area contributed by atoms with Crippen LogP contribution < -0.4 is 5.32 Å². The van der Waals surface area contributed by atoms with Crippen molar-refractivity contribution in [2.45, 2.75) is 32.2 Å². The summed E-state index contributed by atoms with van der Waals surface area (Å²) in [5.74, 6) is 0.0768. The smallest absolute Gasteiger partial charge is 0.123 e. The zero-order valence-electron chi connectivity index (χ0n) is 12.7. The zero-order chi connectivity index (χ0) is 14.8. The quantitative estimate of drug-likeness (QED) is 0.670. The second kappa shape index (κ2) is 9.86. The minimum atomic E-state index is -0.183. The molecule has 1 N–H and O–H groups in total. The second-order valence-corrected chi connectivity index (χ2v) is 5.21. The van der Waals surface area contributed by atoms with Gasteiger partial charge in [-0.1, -0.05) is 26.0 Å². The molecule has 1 aromatic carbocycles. The molecule has 0 amide bonds. The Morgan fingerprint density at radius 3 is 2.65 bits per heavy atom. The van der Waals surface area contributed by atoms with E-state index in [9.17, 15) is 4.39 Å². The number of methoxy groups -OCH3 is 1. The Labute approximate surface area is 121 Å². The summed E-state index contributed by atoms with van der Waals surface area (Å²) in [6.45, 7) is 6.91. The molecule has 1 rings (SSSR count). The highest BCUT2D eigenvalue weighted by Gasteiger charge is 2.12. The molecular weight excluding hydrogens is 257 g/mol. The Balaban J connectivity index is 2.51. The molecular formula is C16H26FNO2. The summed E-state index contributed by atoms with van der Waals surface area (Å²) < 4.78 is 23.8. The van der Waals surface area contributed by atoms with Gasteiger partial charge in [0.25, 0.3) is 0 Å². The molecule has 0 saturated carbocycles. The van der Waals surface area contributed by atoms with E-state index in [1.807, 2.05) is 6.07 Å². The fraction of sp³-hybridized carbons (Fsp3) is 0.625. The predicted molar refractivity (Wildman–Crippen MR) is 79.6 cm³/mol.